The molecule has 0 N–H and O–H groups in total. The third-order valence-electron chi connectivity index (χ3n) is 5.71. The lowest BCUT2D eigenvalue weighted by Gasteiger charge is -2.36. The van der Waals surface area contributed by atoms with Crippen LogP contribution >= 0.6 is 0 Å². The molecule has 0 aliphatic carbocycles. The van der Waals surface area contributed by atoms with E-state index in [9.17, 15) is 21.6 Å². The first-order valence-corrected chi connectivity index (χ1v) is 11.5. The van der Waals surface area contributed by atoms with Crippen molar-refractivity contribution in [3.8, 4) is 5.88 Å². The van der Waals surface area contributed by atoms with E-state index >= 15 is 0 Å². The Labute approximate surface area is 184 Å². The Balaban J connectivity index is 1.40. The molecule has 4 rings (SSSR count). The van der Waals surface area contributed by atoms with Crippen molar-refractivity contribution < 1.29 is 26.3 Å². The first kappa shape index (κ1) is 22.7. The second kappa shape index (κ2) is 8.45. The largest absolute Gasteiger partial charge is 0.472 e. The van der Waals surface area contributed by atoms with E-state index in [1.165, 1.54) is 4.31 Å². The molecular formula is C21H23F3N4O3S. The van der Waals surface area contributed by atoms with E-state index < -0.39 is 21.8 Å². The first-order chi connectivity index (χ1) is 15.0. The summed E-state index contributed by atoms with van der Waals surface area (Å²) in [6.45, 7) is 7.33. The van der Waals surface area contributed by atoms with E-state index in [-0.39, 0.29) is 30.1 Å². The van der Waals surface area contributed by atoms with Gasteiger partial charge in [0, 0.05) is 38.6 Å². The fourth-order valence-corrected chi connectivity index (χ4v) is 5.47. The highest BCUT2D eigenvalue weighted by molar-refractivity contribution is 7.89. The minimum Gasteiger partial charge on any atom is -0.472 e. The van der Waals surface area contributed by atoms with Gasteiger partial charge in [-0.3, -0.25) is 4.90 Å². The normalized spacial score (nSPS) is 22.5. The molecule has 0 unspecified atom stereocenters. The van der Waals surface area contributed by atoms with Gasteiger partial charge in [-0.2, -0.15) is 17.5 Å². The van der Waals surface area contributed by atoms with Crippen LogP contribution in [0, 0.1) is 0 Å². The SMILES string of the molecule is C=C(C)c1cnc(O[C@@H]2C[C@H]3CN(S(=O)(=O)c4ccc(C(F)(F)F)cc4)CCN3C2)cn1. The number of rotatable bonds is 5. The van der Waals surface area contributed by atoms with Gasteiger partial charge in [0.05, 0.1) is 28.5 Å². The number of sulfonamides is 1. The minimum absolute atomic E-state index is 0.0411. The predicted molar refractivity (Wildman–Crippen MR) is 111 cm³/mol. The minimum atomic E-state index is -4.51. The number of alkyl halides is 3. The number of hydrogen-bond acceptors (Lipinski definition) is 6. The van der Waals surface area contributed by atoms with Gasteiger partial charge >= 0.3 is 6.18 Å². The van der Waals surface area contributed by atoms with Crippen molar-refractivity contribution in [1.29, 1.82) is 0 Å². The van der Waals surface area contributed by atoms with Crippen molar-refractivity contribution in [3.63, 3.8) is 0 Å². The van der Waals surface area contributed by atoms with Crippen LogP contribution in [0.2, 0.25) is 0 Å². The van der Waals surface area contributed by atoms with Gasteiger partial charge in [-0.25, -0.2) is 18.4 Å². The van der Waals surface area contributed by atoms with E-state index in [1.807, 2.05) is 6.92 Å². The number of piperazine rings is 1. The van der Waals surface area contributed by atoms with Crippen LogP contribution in [0.1, 0.15) is 24.6 Å². The van der Waals surface area contributed by atoms with E-state index in [2.05, 4.69) is 21.4 Å². The molecule has 2 aromatic rings. The topological polar surface area (TPSA) is 75.6 Å². The summed E-state index contributed by atoms with van der Waals surface area (Å²) < 4.78 is 71.5. The maximum Gasteiger partial charge on any atom is 0.416 e. The zero-order chi connectivity index (χ0) is 23.1. The lowest BCUT2D eigenvalue weighted by Crippen LogP contribution is -2.51. The van der Waals surface area contributed by atoms with Crippen LogP contribution in [0.15, 0.2) is 48.1 Å². The fraction of sp³-hybridized carbons (Fsp3) is 0.429. The summed E-state index contributed by atoms with van der Waals surface area (Å²) in [7, 11) is -3.88. The second-order valence-corrected chi connectivity index (χ2v) is 9.97. The smallest absolute Gasteiger partial charge is 0.416 e. The van der Waals surface area contributed by atoms with Crippen molar-refractivity contribution in [3.05, 3.63) is 54.5 Å². The molecule has 11 heteroatoms. The number of hydrogen-bond donors (Lipinski definition) is 0. The molecule has 32 heavy (non-hydrogen) atoms. The molecule has 2 atom stereocenters. The quantitative estimate of drug-likeness (QED) is 0.672. The number of benzene rings is 1. The molecule has 0 radical (unpaired) electrons. The van der Waals surface area contributed by atoms with Crippen LogP contribution in [0.3, 0.4) is 0 Å². The van der Waals surface area contributed by atoms with Crippen molar-refractivity contribution in [2.75, 3.05) is 26.2 Å². The Morgan fingerprint density at radius 3 is 2.44 bits per heavy atom. The summed E-state index contributed by atoms with van der Waals surface area (Å²) in [6.07, 6.45) is -0.912. The molecule has 7 nitrogen and oxygen atoms in total. The van der Waals surface area contributed by atoms with Crippen LogP contribution in [-0.2, 0) is 16.2 Å². The van der Waals surface area contributed by atoms with Crippen molar-refractivity contribution in [2.45, 2.75) is 36.6 Å². The number of ether oxygens (including phenoxy) is 1. The predicted octanol–water partition coefficient (Wildman–Crippen LogP) is 3.05. The van der Waals surface area contributed by atoms with Gasteiger partial charge in [0.2, 0.25) is 15.9 Å². The maximum atomic E-state index is 13.0. The van der Waals surface area contributed by atoms with E-state index in [1.54, 1.807) is 12.4 Å². The molecule has 2 aliphatic rings. The standard InChI is InChI=1S/C21H23F3N4O3S/c1-14(2)19-10-26-20(11-25-19)31-17-9-16-12-28(8-7-27(16)13-17)32(29,30)18-5-3-15(4-6-18)21(22,23)24/h3-6,10-11,16-17H,1,7-9,12-13H2,2H3/t16-,17+/m0/s1. The van der Waals surface area contributed by atoms with Crippen LogP contribution in [-0.4, -0.2) is 65.9 Å². The molecule has 1 aromatic carbocycles. The number of halogens is 3. The lowest BCUT2D eigenvalue weighted by atomic mass is 10.2. The van der Waals surface area contributed by atoms with Crippen molar-refractivity contribution >= 4 is 15.6 Å². The highest BCUT2D eigenvalue weighted by Gasteiger charge is 2.41. The van der Waals surface area contributed by atoms with Crippen LogP contribution < -0.4 is 4.74 Å². The number of allylic oxidation sites excluding steroid dienone is 1. The van der Waals surface area contributed by atoms with Crippen molar-refractivity contribution in [1.82, 2.24) is 19.2 Å². The summed E-state index contributed by atoms with van der Waals surface area (Å²) in [6, 6.07) is 3.57. The van der Waals surface area contributed by atoms with Gasteiger partial charge in [-0.1, -0.05) is 6.58 Å². The third-order valence-corrected chi connectivity index (χ3v) is 7.59. The number of nitrogens with zero attached hydrogens (tertiary/aromatic N) is 4. The van der Waals surface area contributed by atoms with Gasteiger partial charge < -0.3 is 4.74 Å². The van der Waals surface area contributed by atoms with Gasteiger partial charge in [0.25, 0.3) is 0 Å². The fourth-order valence-electron chi connectivity index (χ4n) is 4.00. The van der Waals surface area contributed by atoms with Gasteiger partial charge in [-0.05, 0) is 36.8 Å². The molecule has 3 heterocycles. The molecule has 2 fully saturated rings. The van der Waals surface area contributed by atoms with Crippen LogP contribution in [0.5, 0.6) is 5.88 Å². The summed E-state index contributed by atoms with van der Waals surface area (Å²) in [5.41, 5.74) is 0.609. The van der Waals surface area contributed by atoms with E-state index in [0.717, 1.165) is 29.8 Å². The number of fused-ring (bicyclic) bond motifs is 1. The Bertz CT molecular complexity index is 1090. The van der Waals surface area contributed by atoms with E-state index in [4.69, 9.17) is 4.74 Å². The average Bonchev–Trinajstić information content (AvgIpc) is 3.15. The molecular weight excluding hydrogens is 445 g/mol. The monoisotopic (exact) mass is 468 g/mol. The van der Waals surface area contributed by atoms with E-state index in [0.29, 0.717) is 31.1 Å². The van der Waals surface area contributed by atoms with Gasteiger partial charge in [-0.15, -0.1) is 0 Å². The van der Waals surface area contributed by atoms with Crippen molar-refractivity contribution in [2.24, 2.45) is 0 Å². The molecule has 172 valence electrons. The highest BCUT2D eigenvalue weighted by Crippen LogP contribution is 2.31. The zero-order valence-electron chi connectivity index (χ0n) is 17.4. The highest BCUT2D eigenvalue weighted by atomic mass is 32.2. The van der Waals surface area contributed by atoms with Crippen LogP contribution in [0.4, 0.5) is 13.2 Å². The maximum absolute atomic E-state index is 13.0. The summed E-state index contributed by atoms with van der Waals surface area (Å²) in [5, 5.41) is 0. The Hall–Kier alpha value is -2.50. The Morgan fingerprint density at radius 2 is 1.84 bits per heavy atom. The second-order valence-electron chi connectivity index (χ2n) is 8.03. The van der Waals surface area contributed by atoms with Crippen LogP contribution in [0.25, 0.3) is 5.57 Å². The van der Waals surface area contributed by atoms with Gasteiger partial charge in [0.15, 0.2) is 0 Å². The molecule has 0 spiro atoms. The van der Waals surface area contributed by atoms with Gasteiger partial charge in [0.1, 0.15) is 6.10 Å². The summed E-state index contributed by atoms with van der Waals surface area (Å²) in [5.74, 6) is 0.397. The summed E-state index contributed by atoms with van der Waals surface area (Å²) in [4.78, 5) is 10.5. The Kier molecular flexibility index (Phi) is 5.99. The summed E-state index contributed by atoms with van der Waals surface area (Å²) >= 11 is 0. The molecule has 1 aromatic heterocycles. The first-order valence-electron chi connectivity index (χ1n) is 10.1. The molecule has 0 bridgehead atoms. The Morgan fingerprint density at radius 1 is 1.12 bits per heavy atom. The average molecular weight is 469 g/mol. The number of aromatic nitrogens is 2. The molecule has 2 saturated heterocycles. The lowest BCUT2D eigenvalue weighted by molar-refractivity contribution is -0.137. The zero-order valence-corrected chi connectivity index (χ0v) is 18.2. The molecule has 2 aliphatic heterocycles. The third kappa shape index (κ3) is 4.64. The molecule has 0 amide bonds. The molecule has 0 saturated carbocycles.